The van der Waals surface area contributed by atoms with Gasteiger partial charge in [0, 0.05) is 12.1 Å². The van der Waals surface area contributed by atoms with Gasteiger partial charge in [0.15, 0.2) is 17.6 Å². The number of imide groups is 1. The van der Waals surface area contributed by atoms with E-state index in [-0.39, 0.29) is 28.4 Å². The summed E-state index contributed by atoms with van der Waals surface area (Å²) in [6.07, 6.45) is -1.17. The minimum atomic E-state index is -1.17. The van der Waals surface area contributed by atoms with Gasteiger partial charge in [-0.2, -0.15) is 0 Å². The van der Waals surface area contributed by atoms with Crippen LogP contribution in [0, 0.1) is 21.8 Å². The van der Waals surface area contributed by atoms with E-state index in [9.17, 15) is 28.9 Å². The van der Waals surface area contributed by atoms with Crippen molar-refractivity contribution in [3.8, 4) is 11.5 Å². The number of fused-ring (bicyclic) bond motifs is 1. The van der Waals surface area contributed by atoms with E-state index in [4.69, 9.17) is 14.3 Å². The number of esters is 1. The number of amides is 2. The molecule has 3 atom stereocenters. The zero-order valence-electron chi connectivity index (χ0n) is 22.5. The lowest BCUT2D eigenvalue weighted by atomic mass is 9.90. The Kier molecular flexibility index (Phi) is 7.04. The van der Waals surface area contributed by atoms with E-state index in [1.165, 1.54) is 54.6 Å². The molecule has 0 aliphatic carbocycles. The molecule has 2 fully saturated rings. The molecule has 0 spiro atoms. The number of benzene rings is 4. The highest BCUT2D eigenvalue weighted by Crippen LogP contribution is 2.48. The number of hydroxylamine groups is 1. The second-order valence-corrected chi connectivity index (χ2v) is 9.75. The van der Waals surface area contributed by atoms with Crippen LogP contribution < -0.4 is 19.4 Å². The molecule has 0 saturated carbocycles. The standard InChI is InChI=1S/C31H22FN3O8/c1-41-25-17-19(9-16-24(25)42-31(38)18-7-10-20(32)11-8-18)27-26-28(43-34(27)22-5-3-2-4-6-22)30(37)33(29(26)36)21-12-14-23(15-13-21)35(39)40/h2-17,26-28H,1H3. The SMILES string of the molecule is COc1cc(C2C3C(=O)N(c4ccc([N+](=O)[O-])cc4)C(=O)C3ON2c2ccccc2)ccc1OC(=O)c1ccc(F)cc1. The van der Waals surface area contributed by atoms with Crippen molar-refractivity contribution in [3.63, 3.8) is 0 Å². The highest BCUT2D eigenvalue weighted by atomic mass is 19.1. The summed E-state index contributed by atoms with van der Waals surface area (Å²) >= 11 is 0. The average Bonchev–Trinajstić information content (AvgIpc) is 3.53. The smallest absolute Gasteiger partial charge is 0.343 e. The number of carbonyl (C=O) groups excluding carboxylic acids is 3. The molecule has 2 saturated heterocycles. The minimum absolute atomic E-state index is 0.0867. The number of rotatable bonds is 7. The number of para-hydroxylation sites is 1. The molecule has 43 heavy (non-hydrogen) atoms. The zero-order valence-corrected chi connectivity index (χ0v) is 22.5. The second kappa shape index (κ2) is 11.0. The largest absolute Gasteiger partial charge is 0.493 e. The van der Waals surface area contributed by atoms with Crippen molar-refractivity contribution in [2.24, 2.45) is 5.92 Å². The van der Waals surface area contributed by atoms with Crippen molar-refractivity contribution >= 4 is 34.8 Å². The maximum absolute atomic E-state index is 13.9. The fourth-order valence-electron chi connectivity index (χ4n) is 5.23. The number of ether oxygens (including phenoxy) is 2. The Morgan fingerprint density at radius 3 is 2.23 bits per heavy atom. The van der Waals surface area contributed by atoms with E-state index >= 15 is 0 Å². The maximum atomic E-state index is 13.9. The van der Waals surface area contributed by atoms with Crippen molar-refractivity contribution in [1.82, 2.24) is 0 Å². The number of halogens is 1. The second-order valence-electron chi connectivity index (χ2n) is 9.75. The molecule has 2 heterocycles. The summed E-state index contributed by atoms with van der Waals surface area (Å²) in [4.78, 5) is 57.7. The summed E-state index contributed by atoms with van der Waals surface area (Å²) < 4.78 is 24.3. The summed E-state index contributed by atoms with van der Waals surface area (Å²) in [5, 5.41) is 12.6. The van der Waals surface area contributed by atoms with Crippen molar-refractivity contribution in [3.05, 3.63) is 124 Å². The van der Waals surface area contributed by atoms with Crippen LogP contribution in [-0.4, -0.2) is 35.9 Å². The molecule has 0 aromatic heterocycles. The molecule has 3 unspecified atom stereocenters. The first-order chi connectivity index (χ1) is 20.8. The van der Waals surface area contributed by atoms with Crippen LogP contribution in [-0.2, 0) is 14.4 Å². The fourth-order valence-corrected chi connectivity index (χ4v) is 5.23. The molecule has 216 valence electrons. The predicted octanol–water partition coefficient (Wildman–Crippen LogP) is 5.01. The lowest BCUT2D eigenvalue weighted by molar-refractivity contribution is -0.384. The van der Waals surface area contributed by atoms with E-state index in [0.717, 1.165) is 17.0 Å². The summed E-state index contributed by atoms with van der Waals surface area (Å²) in [5.74, 6) is -3.10. The Morgan fingerprint density at radius 2 is 1.58 bits per heavy atom. The van der Waals surface area contributed by atoms with Crippen LogP contribution in [0.15, 0.2) is 97.1 Å². The summed E-state index contributed by atoms with van der Waals surface area (Å²) in [7, 11) is 1.39. The minimum Gasteiger partial charge on any atom is -0.493 e. The van der Waals surface area contributed by atoms with Crippen molar-refractivity contribution in [2.45, 2.75) is 12.1 Å². The summed E-state index contributed by atoms with van der Waals surface area (Å²) in [6, 6.07) is 22.8. The average molecular weight is 584 g/mol. The third-order valence-corrected chi connectivity index (χ3v) is 7.26. The quantitative estimate of drug-likeness (QED) is 0.0969. The summed E-state index contributed by atoms with van der Waals surface area (Å²) in [5.41, 5.74) is 1.26. The highest BCUT2D eigenvalue weighted by molar-refractivity contribution is 6.24. The van der Waals surface area contributed by atoms with Gasteiger partial charge >= 0.3 is 5.97 Å². The van der Waals surface area contributed by atoms with E-state index in [0.29, 0.717) is 11.3 Å². The first-order valence-corrected chi connectivity index (χ1v) is 13.1. The van der Waals surface area contributed by atoms with Crippen LogP contribution in [0.5, 0.6) is 11.5 Å². The number of carbonyl (C=O) groups is 3. The Bertz CT molecular complexity index is 1730. The van der Waals surface area contributed by atoms with Gasteiger partial charge in [-0.25, -0.2) is 19.1 Å². The van der Waals surface area contributed by atoms with Gasteiger partial charge in [0.2, 0.25) is 5.91 Å². The van der Waals surface area contributed by atoms with Crippen molar-refractivity contribution in [1.29, 1.82) is 0 Å². The molecule has 2 aliphatic heterocycles. The van der Waals surface area contributed by atoms with E-state index in [1.807, 2.05) is 6.07 Å². The van der Waals surface area contributed by atoms with Crippen LogP contribution in [0.3, 0.4) is 0 Å². The van der Waals surface area contributed by atoms with Gasteiger partial charge in [-0.3, -0.25) is 24.5 Å². The third kappa shape index (κ3) is 4.93. The molecule has 0 bridgehead atoms. The van der Waals surface area contributed by atoms with Gasteiger partial charge in [0.1, 0.15) is 11.7 Å². The molecule has 2 aliphatic rings. The lowest BCUT2D eigenvalue weighted by Crippen LogP contribution is -2.37. The van der Waals surface area contributed by atoms with Crippen LogP contribution in [0.2, 0.25) is 0 Å². The Labute approximate surface area is 243 Å². The predicted molar refractivity (Wildman–Crippen MR) is 150 cm³/mol. The molecule has 11 nitrogen and oxygen atoms in total. The van der Waals surface area contributed by atoms with E-state index in [1.54, 1.807) is 36.4 Å². The summed E-state index contributed by atoms with van der Waals surface area (Å²) in [6.45, 7) is 0. The first-order valence-electron chi connectivity index (χ1n) is 13.1. The number of nitro groups is 1. The zero-order chi connectivity index (χ0) is 30.2. The van der Waals surface area contributed by atoms with E-state index < -0.39 is 46.6 Å². The number of anilines is 2. The van der Waals surface area contributed by atoms with Crippen molar-refractivity contribution in [2.75, 3.05) is 17.1 Å². The van der Waals surface area contributed by atoms with Gasteiger partial charge in [0.25, 0.3) is 11.6 Å². The Balaban J connectivity index is 1.36. The lowest BCUT2D eigenvalue weighted by Gasteiger charge is -2.29. The molecular formula is C31H22FN3O8. The van der Waals surface area contributed by atoms with Gasteiger partial charge in [-0.15, -0.1) is 0 Å². The normalized spacial score (nSPS) is 19.3. The van der Waals surface area contributed by atoms with Gasteiger partial charge < -0.3 is 9.47 Å². The van der Waals surface area contributed by atoms with Crippen LogP contribution in [0.4, 0.5) is 21.5 Å². The molecule has 0 N–H and O–H groups in total. The van der Waals surface area contributed by atoms with Gasteiger partial charge in [-0.1, -0.05) is 24.3 Å². The topological polar surface area (TPSA) is 129 Å². The number of nitrogens with zero attached hydrogens (tertiary/aromatic N) is 3. The molecule has 4 aromatic carbocycles. The molecule has 6 rings (SSSR count). The van der Waals surface area contributed by atoms with E-state index in [2.05, 4.69) is 0 Å². The monoisotopic (exact) mass is 583 g/mol. The highest BCUT2D eigenvalue weighted by Gasteiger charge is 2.60. The molecule has 2 amide bonds. The molecule has 12 heteroatoms. The van der Waals surface area contributed by atoms with Crippen LogP contribution >= 0.6 is 0 Å². The number of non-ortho nitro benzene ring substituents is 1. The van der Waals surface area contributed by atoms with Gasteiger partial charge in [0.05, 0.1) is 35.0 Å². The van der Waals surface area contributed by atoms with Crippen LogP contribution in [0.25, 0.3) is 0 Å². The third-order valence-electron chi connectivity index (χ3n) is 7.26. The molecular weight excluding hydrogens is 561 g/mol. The Morgan fingerprint density at radius 1 is 0.884 bits per heavy atom. The van der Waals surface area contributed by atoms with Crippen LogP contribution in [0.1, 0.15) is 22.0 Å². The maximum Gasteiger partial charge on any atom is 0.343 e. The molecule has 0 radical (unpaired) electrons. The number of nitro benzene ring substituents is 1. The fraction of sp³-hybridized carbons (Fsp3) is 0.129. The van der Waals surface area contributed by atoms with Crippen molar-refractivity contribution < 1.29 is 38.0 Å². The number of hydrogen-bond acceptors (Lipinski definition) is 9. The first kappa shape index (κ1) is 27.5. The number of methoxy groups -OCH3 is 1. The Hall–Kier alpha value is -5.62. The van der Waals surface area contributed by atoms with Gasteiger partial charge in [-0.05, 0) is 66.2 Å². The number of hydrogen-bond donors (Lipinski definition) is 0. The molecule has 4 aromatic rings.